The fourth-order valence-electron chi connectivity index (χ4n) is 1.65. The maximum atomic E-state index is 11.3. The van der Waals surface area contributed by atoms with Crippen molar-refractivity contribution in [3.63, 3.8) is 0 Å². The number of carboxylic acid groups (broad SMARTS) is 1. The van der Waals surface area contributed by atoms with Crippen LogP contribution in [-0.2, 0) is 9.53 Å². The molecule has 0 spiro atoms. The first-order valence-corrected chi connectivity index (χ1v) is 5.47. The Labute approximate surface area is 95.2 Å². The summed E-state index contributed by atoms with van der Waals surface area (Å²) >= 11 is 0. The third-order valence-corrected chi connectivity index (χ3v) is 2.52. The van der Waals surface area contributed by atoms with Crippen LogP contribution in [-0.4, -0.2) is 29.3 Å². The van der Waals surface area contributed by atoms with Gasteiger partial charge in [-0.3, -0.25) is 4.79 Å². The number of alkyl carbamates (subject to hydrolysis) is 1. The maximum absolute atomic E-state index is 11.3. The van der Waals surface area contributed by atoms with Gasteiger partial charge in [-0.2, -0.15) is 0 Å². The molecule has 1 aliphatic carbocycles. The normalized spacial score (nSPS) is 24.4. The van der Waals surface area contributed by atoms with Crippen LogP contribution in [0.5, 0.6) is 0 Å². The number of carboxylic acids is 1. The fraction of sp³-hybridized carbons (Fsp3) is 0.818. The summed E-state index contributed by atoms with van der Waals surface area (Å²) in [5.74, 6) is -0.701. The molecule has 0 aromatic heterocycles. The van der Waals surface area contributed by atoms with Gasteiger partial charge in [-0.1, -0.05) is 0 Å². The van der Waals surface area contributed by atoms with E-state index < -0.39 is 17.7 Å². The monoisotopic (exact) mass is 229 g/mol. The molecule has 1 fully saturated rings. The zero-order chi connectivity index (χ0) is 12.3. The zero-order valence-corrected chi connectivity index (χ0v) is 9.95. The minimum absolute atomic E-state index is 0.231. The fourth-order valence-corrected chi connectivity index (χ4v) is 1.65. The predicted molar refractivity (Wildman–Crippen MR) is 58.1 cm³/mol. The number of aliphatic carboxylic acids is 1. The lowest BCUT2D eigenvalue weighted by molar-refractivity contribution is -0.146. The number of hydrogen-bond acceptors (Lipinski definition) is 3. The summed E-state index contributed by atoms with van der Waals surface area (Å²) in [6, 6.07) is 0. The molecule has 0 atom stereocenters. The Hall–Kier alpha value is -1.26. The molecule has 92 valence electrons. The summed E-state index contributed by atoms with van der Waals surface area (Å²) in [6.45, 7) is 5.90. The van der Waals surface area contributed by atoms with Gasteiger partial charge in [-0.25, -0.2) is 4.79 Å². The Morgan fingerprint density at radius 1 is 1.38 bits per heavy atom. The number of rotatable bonds is 3. The molecule has 0 aliphatic heterocycles. The minimum Gasteiger partial charge on any atom is -0.481 e. The lowest BCUT2D eigenvalue weighted by atomic mass is 9.75. The molecule has 5 heteroatoms. The van der Waals surface area contributed by atoms with Crippen molar-refractivity contribution in [2.75, 3.05) is 6.54 Å². The second kappa shape index (κ2) is 4.72. The SMILES string of the molecule is CC(C)(C)OC(=O)NCC1CC(C(=O)O)C1. The van der Waals surface area contributed by atoms with Crippen molar-refractivity contribution in [3.8, 4) is 0 Å². The third kappa shape index (κ3) is 4.08. The molecule has 1 aliphatic rings. The van der Waals surface area contributed by atoms with E-state index in [2.05, 4.69) is 5.32 Å². The molecule has 0 aromatic carbocycles. The van der Waals surface area contributed by atoms with Crippen molar-refractivity contribution >= 4 is 12.1 Å². The van der Waals surface area contributed by atoms with Crippen LogP contribution < -0.4 is 5.32 Å². The average Bonchev–Trinajstić information content (AvgIpc) is 1.96. The molecule has 1 saturated carbocycles. The van der Waals surface area contributed by atoms with Gasteiger partial charge in [0.15, 0.2) is 0 Å². The molecule has 5 nitrogen and oxygen atoms in total. The van der Waals surface area contributed by atoms with E-state index in [9.17, 15) is 9.59 Å². The summed E-state index contributed by atoms with van der Waals surface area (Å²) in [7, 11) is 0. The molecular weight excluding hydrogens is 210 g/mol. The van der Waals surface area contributed by atoms with E-state index in [1.807, 2.05) is 0 Å². The molecule has 1 amide bonds. The van der Waals surface area contributed by atoms with Gasteiger partial charge in [0, 0.05) is 6.54 Å². The topological polar surface area (TPSA) is 75.6 Å². The van der Waals surface area contributed by atoms with Crippen LogP contribution in [0.4, 0.5) is 4.79 Å². The van der Waals surface area contributed by atoms with Crippen molar-refractivity contribution in [2.24, 2.45) is 11.8 Å². The van der Waals surface area contributed by atoms with E-state index >= 15 is 0 Å². The number of amides is 1. The lowest BCUT2D eigenvalue weighted by Gasteiger charge is -2.32. The first-order chi connectivity index (χ1) is 7.28. The van der Waals surface area contributed by atoms with E-state index in [1.54, 1.807) is 20.8 Å². The number of hydrogen-bond donors (Lipinski definition) is 2. The highest BCUT2D eigenvalue weighted by Crippen LogP contribution is 2.33. The Balaban J connectivity index is 2.13. The molecule has 16 heavy (non-hydrogen) atoms. The molecule has 0 unspecified atom stereocenters. The molecule has 0 aromatic rings. The Morgan fingerprint density at radius 3 is 2.38 bits per heavy atom. The second-order valence-corrected chi connectivity index (χ2v) is 5.26. The molecule has 0 radical (unpaired) electrons. The van der Waals surface area contributed by atoms with Gasteiger partial charge in [0.05, 0.1) is 5.92 Å². The van der Waals surface area contributed by atoms with Crippen molar-refractivity contribution in [1.29, 1.82) is 0 Å². The van der Waals surface area contributed by atoms with Gasteiger partial charge >= 0.3 is 12.1 Å². The summed E-state index contributed by atoms with van der Waals surface area (Å²) in [5, 5.41) is 11.3. The van der Waals surface area contributed by atoms with Crippen LogP contribution in [0.3, 0.4) is 0 Å². The summed E-state index contributed by atoms with van der Waals surface area (Å²) in [6.07, 6.45) is 0.849. The number of ether oxygens (including phenoxy) is 1. The lowest BCUT2D eigenvalue weighted by Crippen LogP contribution is -2.40. The third-order valence-electron chi connectivity index (χ3n) is 2.52. The van der Waals surface area contributed by atoms with Crippen LogP contribution in [0.25, 0.3) is 0 Å². The Bertz CT molecular complexity index is 276. The number of carbonyl (C=O) groups excluding carboxylic acids is 1. The van der Waals surface area contributed by atoms with Crippen LogP contribution in [0, 0.1) is 11.8 Å². The van der Waals surface area contributed by atoms with E-state index in [1.165, 1.54) is 0 Å². The van der Waals surface area contributed by atoms with Gasteiger partial charge in [-0.15, -0.1) is 0 Å². The molecule has 0 bridgehead atoms. The largest absolute Gasteiger partial charge is 0.481 e. The molecule has 0 heterocycles. The van der Waals surface area contributed by atoms with Crippen molar-refractivity contribution in [3.05, 3.63) is 0 Å². The van der Waals surface area contributed by atoms with E-state index in [-0.39, 0.29) is 11.8 Å². The van der Waals surface area contributed by atoms with Crippen LogP contribution in [0.1, 0.15) is 33.6 Å². The first kappa shape index (κ1) is 12.8. The van der Waals surface area contributed by atoms with Crippen molar-refractivity contribution in [2.45, 2.75) is 39.2 Å². The Morgan fingerprint density at radius 2 is 1.94 bits per heavy atom. The average molecular weight is 229 g/mol. The maximum Gasteiger partial charge on any atom is 0.407 e. The van der Waals surface area contributed by atoms with Gasteiger partial charge in [0.2, 0.25) is 0 Å². The van der Waals surface area contributed by atoms with Gasteiger partial charge < -0.3 is 15.2 Å². The van der Waals surface area contributed by atoms with Crippen molar-refractivity contribution in [1.82, 2.24) is 5.32 Å². The highest BCUT2D eigenvalue weighted by atomic mass is 16.6. The Kier molecular flexibility index (Phi) is 3.78. The minimum atomic E-state index is -0.742. The zero-order valence-electron chi connectivity index (χ0n) is 9.95. The van der Waals surface area contributed by atoms with Crippen LogP contribution in [0.15, 0.2) is 0 Å². The molecular formula is C11H19NO4. The van der Waals surface area contributed by atoms with Crippen LogP contribution >= 0.6 is 0 Å². The van der Waals surface area contributed by atoms with Gasteiger partial charge in [0.1, 0.15) is 5.60 Å². The van der Waals surface area contributed by atoms with Crippen molar-refractivity contribution < 1.29 is 19.4 Å². The summed E-state index contributed by atoms with van der Waals surface area (Å²) in [5.41, 5.74) is -0.493. The van der Waals surface area contributed by atoms with Crippen LogP contribution in [0.2, 0.25) is 0 Å². The molecule has 2 N–H and O–H groups in total. The highest BCUT2D eigenvalue weighted by Gasteiger charge is 2.34. The second-order valence-electron chi connectivity index (χ2n) is 5.26. The highest BCUT2D eigenvalue weighted by molar-refractivity contribution is 5.71. The molecule has 1 rings (SSSR count). The van der Waals surface area contributed by atoms with E-state index in [4.69, 9.17) is 9.84 Å². The van der Waals surface area contributed by atoms with Gasteiger partial charge in [-0.05, 0) is 39.5 Å². The van der Waals surface area contributed by atoms with E-state index in [0.29, 0.717) is 19.4 Å². The predicted octanol–water partition coefficient (Wildman–Crippen LogP) is 1.62. The standard InChI is InChI=1S/C11H19NO4/c1-11(2,3)16-10(15)12-6-7-4-8(5-7)9(13)14/h7-8H,4-6H2,1-3H3,(H,12,15)(H,13,14). The smallest absolute Gasteiger partial charge is 0.407 e. The summed E-state index contributed by atoms with van der Waals surface area (Å²) in [4.78, 5) is 21.8. The van der Waals surface area contributed by atoms with E-state index in [0.717, 1.165) is 0 Å². The number of nitrogens with one attached hydrogen (secondary N) is 1. The quantitative estimate of drug-likeness (QED) is 0.771. The number of carbonyl (C=O) groups is 2. The summed E-state index contributed by atoms with van der Waals surface area (Å²) < 4.78 is 5.06. The first-order valence-electron chi connectivity index (χ1n) is 5.47. The van der Waals surface area contributed by atoms with Gasteiger partial charge in [0.25, 0.3) is 0 Å². The molecule has 0 saturated heterocycles.